The van der Waals surface area contributed by atoms with Gasteiger partial charge in [-0.3, -0.25) is 0 Å². The molecular weight excluding hydrogens is 258 g/mol. The van der Waals surface area contributed by atoms with E-state index in [-0.39, 0.29) is 10.7 Å². The Bertz CT molecular complexity index is 254. The second-order valence-electron chi connectivity index (χ2n) is 3.08. The molecule has 1 saturated heterocycles. The van der Waals surface area contributed by atoms with Crippen molar-refractivity contribution < 1.29 is 13.2 Å². The molecule has 0 N–H and O–H groups in total. The van der Waals surface area contributed by atoms with Crippen LogP contribution in [0, 0.1) is 0 Å². The molecule has 0 aliphatic carbocycles. The molecule has 78 valence electrons. The van der Waals surface area contributed by atoms with Gasteiger partial charge in [-0.15, -0.1) is 0 Å². The summed E-state index contributed by atoms with van der Waals surface area (Å²) in [4.78, 5) is 0. The van der Waals surface area contributed by atoms with Crippen LogP contribution in [0.15, 0.2) is 0 Å². The van der Waals surface area contributed by atoms with Crippen LogP contribution in [-0.4, -0.2) is 43.2 Å². The van der Waals surface area contributed by atoms with Crippen molar-refractivity contribution in [2.45, 2.75) is 19.4 Å². The largest absolute Gasteiger partial charge is 0.380 e. The van der Waals surface area contributed by atoms with Gasteiger partial charge in [-0.2, -0.15) is 4.31 Å². The topological polar surface area (TPSA) is 46.6 Å². The standard InChI is InChI=1S/C7H14BrNO3S/c1-7-2-4-12-5-3-9(7)13(10,11)6-8/h7H,2-6H2,1H3. The number of halogens is 1. The van der Waals surface area contributed by atoms with Crippen LogP contribution in [0.5, 0.6) is 0 Å². The zero-order chi connectivity index (χ0) is 9.90. The molecule has 0 radical (unpaired) electrons. The van der Waals surface area contributed by atoms with Gasteiger partial charge in [-0.05, 0) is 13.3 Å². The molecule has 1 atom stereocenters. The van der Waals surface area contributed by atoms with Crippen LogP contribution in [0.4, 0.5) is 0 Å². The Labute approximate surface area is 87.4 Å². The van der Waals surface area contributed by atoms with E-state index < -0.39 is 10.0 Å². The van der Waals surface area contributed by atoms with Gasteiger partial charge in [0.25, 0.3) is 0 Å². The Hall–Kier alpha value is 0.350. The highest BCUT2D eigenvalue weighted by molar-refractivity contribution is 9.10. The molecule has 1 unspecified atom stereocenters. The summed E-state index contributed by atoms with van der Waals surface area (Å²) in [7, 11) is -3.12. The third-order valence-corrected chi connectivity index (χ3v) is 5.39. The van der Waals surface area contributed by atoms with E-state index in [4.69, 9.17) is 4.74 Å². The zero-order valence-corrected chi connectivity index (χ0v) is 9.97. The molecule has 1 heterocycles. The van der Waals surface area contributed by atoms with Crippen LogP contribution in [0.1, 0.15) is 13.3 Å². The molecule has 13 heavy (non-hydrogen) atoms. The molecule has 4 nitrogen and oxygen atoms in total. The number of rotatable bonds is 2. The highest BCUT2D eigenvalue weighted by atomic mass is 79.9. The normalized spacial score (nSPS) is 27.1. The van der Waals surface area contributed by atoms with Crippen molar-refractivity contribution in [2.75, 3.05) is 24.4 Å². The maximum absolute atomic E-state index is 11.5. The number of nitrogens with zero attached hydrogens (tertiary/aromatic N) is 1. The minimum absolute atomic E-state index is 0.00958. The predicted molar refractivity (Wildman–Crippen MR) is 54.3 cm³/mol. The first kappa shape index (κ1) is 11.4. The van der Waals surface area contributed by atoms with Crippen molar-refractivity contribution in [3.8, 4) is 0 Å². The van der Waals surface area contributed by atoms with Crippen molar-refractivity contribution >= 4 is 26.0 Å². The minimum atomic E-state index is -3.12. The maximum atomic E-state index is 11.5. The van der Waals surface area contributed by atoms with E-state index in [9.17, 15) is 8.42 Å². The maximum Gasteiger partial charge on any atom is 0.224 e. The molecule has 1 fully saturated rings. The van der Waals surface area contributed by atoms with E-state index in [1.165, 1.54) is 4.31 Å². The molecule has 1 aliphatic rings. The summed E-state index contributed by atoms with van der Waals surface area (Å²) in [6.45, 7) is 3.52. The smallest absolute Gasteiger partial charge is 0.224 e. The minimum Gasteiger partial charge on any atom is -0.380 e. The highest BCUT2D eigenvalue weighted by Gasteiger charge is 2.27. The molecule has 1 aliphatic heterocycles. The first-order valence-electron chi connectivity index (χ1n) is 4.21. The lowest BCUT2D eigenvalue weighted by Gasteiger charge is -2.24. The fourth-order valence-electron chi connectivity index (χ4n) is 1.35. The number of ether oxygens (including phenoxy) is 1. The van der Waals surface area contributed by atoms with Gasteiger partial charge in [0, 0.05) is 19.2 Å². The molecule has 0 amide bonds. The summed E-state index contributed by atoms with van der Waals surface area (Å²) in [5.41, 5.74) is 0. The number of hydrogen-bond acceptors (Lipinski definition) is 3. The van der Waals surface area contributed by atoms with Gasteiger partial charge < -0.3 is 4.74 Å². The molecule has 1 rings (SSSR count). The van der Waals surface area contributed by atoms with Gasteiger partial charge in [-0.1, -0.05) is 15.9 Å². The summed E-state index contributed by atoms with van der Waals surface area (Å²) in [6, 6.07) is 0.0463. The van der Waals surface area contributed by atoms with Crippen LogP contribution >= 0.6 is 15.9 Å². The molecule has 0 aromatic rings. The highest BCUT2D eigenvalue weighted by Crippen LogP contribution is 2.14. The monoisotopic (exact) mass is 271 g/mol. The Kier molecular flexibility index (Phi) is 4.15. The van der Waals surface area contributed by atoms with Gasteiger partial charge in [0.2, 0.25) is 10.0 Å². The van der Waals surface area contributed by atoms with E-state index in [2.05, 4.69) is 15.9 Å². The average molecular weight is 272 g/mol. The molecule has 0 aromatic heterocycles. The molecule has 0 saturated carbocycles. The lowest BCUT2D eigenvalue weighted by atomic mass is 10.2. The second-order valence-corrected chi connectivity index (χ2v) is 6.31. The third kappa shape index (κ3) is 2.90. The van der Waals surface area contributed by atoms with Gasteiger partial charge in [0.1, 0.15) is 4.66 Å². The van der Waals surface area contributed by atoms with Crippen molar-refractivity contribution in [3.05, 3.63) is 0 Å². The van der Waals surface area contributed by atoms with Crippen molar-refractivity contribution in [1.82, 2.24) is 4.31 Å². The summed E-state index contributed by atoms with van der Waals surface area (Å²) in [5, 5.41) is 0. The predicted octanol–water partition coefficient (Wildman–Crippen LogP) is 0.779. The van der Waals surface area contributed by atoms with Crippen molar-refractivity contribution in [1.29, 1.82) is 0 Å². The number of alkyl halides is 1. The van der Waals surface area contributed by atoms with E-state index in [0.717, 1.165) is 6.42 Å². The van der Waals surface area contributed by atoms with E-state index >= 15 is 0 Å². The Morgan fingerprint density at radius 2 is 2.23 bits per heavy atom. The Morgan fingerprint density at radius 3 is 2.85 bits per heavy atom. The first-order valence-corrected chi connectivity index (χ1v) is 6.94. The summed E-state index contributed by atoms with van der Waals surface area (Å²) >= 11 is 2.99. The Morgan fingerprint density at radius 1 is 1.54 bits per heavy atom. The SMILES string of the molecule is CC1CCOCCN1S(=O)(=O)CBr. The lowest BCUT2D eigenvalue weighted by Crippen LogP contribution is -2.39. The van der Waals surface area contributed by atoms with Crippen LogP contribution in [0.25, 0.3) is 0 Å². The Balaban J connectivity index is 2.75. The van der Waals surface area contributed by atoms with E-state index in [0.29, 0.717) is 19.8 Å². The number of hydrogen-bond donors (Lipinski definition) is 0. The molecule has 0 bridgehead atoms. The fourth-order valence-corrected chi connectivity index (χ4v) is 3.27. The van der Waals surface area contributed by atoms with Crippen LogP contribution in [0.3, 0.4) is 0 Å². The molecular formula is C7H14BrNO3S. The molecule has 0 aromatic carbocycles. The summed E-state index contributed by atoms with van der Waals surface area (Å²) in [5.74, 6) is 0. The zero-order valence-electron chi connectivity index (χ0n) is 7.57. The summed E-state index contributed by atoms with van der Waals surface area (Å²) < 4.78 is 29.8. The third-order valence-electron chi connectivity index (χ3n) is 2.12. The number of sulfonamides is 1. The van der Waals surface area contributed by atoms with Gasteiger partial charge in [0.05, 0.1) is 6.61 Å². The van der Waals surface area contributed by atoms with E-state index in [1.807, 2.05) is 6.92 Å². The summed E-state index contributed by atoms with van der Waals surface area (Å²) in [6.07, 6.45) is 0.770. The van der Waals surface area contributed by atoms with Crippen molar-refractivity contribution in [2.24, 2.45) is 0 Å². The lowest BCUT2D eigenvalue weighted by molar-refractivity contribution is 0.148. The fraction of sp³-hybridized carbons (Fsp3) is 1.00. The van der Waals surface area contributed by atoms with Gasteiger partial charge in [-0.25, -0.2) is 8.42 Å². The molecule has 6 heteroatoms. The molecule has 0 spiro atoms. The van der Waals surface area contributed by atoms with Crippen LogP contribution < -0.4 is 0 Å². The average Bonchev–Trinajstić information content (AvgIpc) is 2.30. The van der Waals surface area contributed by atoms with E-state index in [1.54, 1.807) is 0 Å². The van der Waals surface area contributed by atoms with Crippen molar-refractivity contribution in [3.63, 3.8) is 0 Å². The first-order chi connectivity index (χ1) is 6.08. The van der Waals surface area contributed by atoms with Crippen LogP contribution in [-0.2, 0) is 14.8 Å². The second kappa shape index (κ2) is 4.72. The van der Waals surface area contributed by atoms with Gasteiger partial charge in [0.15, 0.2) is 0 Å². The van der Waals surface area contributed by atoms with Crippen LogP contribution in [0.2, 0.25) is 0 Å². The van der Waals surface area contributed by atoms with Gasteiger partial charge >= 0.3 is 0 Å². The quantitative estimate of drug-likeness (QED) is 0.698.